The maximum Gasteiger partial charge on any atom is 0.324 e. The number of carboxylic acid groups (broad SMARTS) is 1. The molecule has 5 heteroatoms. The Bertz CT molecular complexity index is 260. The van der Waals surface area contributed by atoms with Crippen molar-refractivity contribution in [3.05, 3.63) is 0 Å². The molecule has 2 atom stereocenters. The van der Waals surface area contributed by atoms with Crippen LogP contribution in [0.3, 0.4) is 0 Å². The van der Waals surface area contributed by atoms with Gasteiger partial charge in [0.1, 0.15) is 5.54 Å². The van der Waals surface area contributed by atoms with Crippen molar-refractivity contribution >= 4 is 5.97 Å². The molecule has 1 saturated heterocycles. The number of carboxylic acids is 1. The van der Waals surface area contributed by atoms with Crippen molar-refractivity contribution in [1.82, 2.24) is 10.2 Å². The van der Waals surface area contributed by atoms with Crippen LogP contribution in [-0.4, -0.2) is 60.4 Å². The molecular formula is C12H24N2O3. The van der Waals surface area contributed by atoms with E-state index >= 15 is 0 Å². The highest BCUT2D eigenvalue weighted by molar-refractivity contribution is 5.78. The summed E-state index contributed by atoms with van der Waals surface area (Å²) in [6, 6.07) is 0.283. The number of hydrogen-bond acceptors (Lipinski definition) is 4. The van der Waals surface area contributed by atoms with Gasteiger partial charge in [0.2, 0.25) is 0 Å². The SMILES string of the molecule is CCCNC(C)(CN1CCOCC1C)C(=O)O. The Morgan fingerprint density at radius 3 is 2.88 bits per heavy atom. The lowest BCUT2D eigenvalue weighted by Crippen LogP contribution is -2.60. The van der Waals surface area contributed by atoms with Crippen LogP contribution in [0.2, 0.25) is 0 Å². The van der Waals surface area contributed by atoms with E-state index in [-0.39, 0.29) is 6.04 Å². The fourth-order valence-corrected chi connectivity index (χ4v) is 2.00. The number of ether oxygens (including phenoxy) is 1. The van der Waals surface area contributed by atoms with Gasteiger partial charge in [-0.25, -0.2) is 0 Å². The molecule has 1 fully saturated rings. The van der Waals surface area contributed by atoms with Gasteiger partial charge in [0.05, 0.1) is 13.2 Å². The standard InChI is InChI=1S/C12H24N2O3/c1-4-5-13-12(3,11(15)16)9-14-6-7-17-8-10(14)2/h10,13H,4-9H2,1-3H3,(H,15,16). The summed E-state index contributed by atoms with van der Waals surface area (Å²) in [7, 11) is 0. The first-order chi connectivity index (χ1) is 7.99. The molecule has 0 aliphatic carbocycles. The summed E-state index contributed by atoms with van der Waals surface area (Å²) in [5.41, 5.74) is -0.873. The van der Waals surface area contributed by atoms with Crippen LogP contribution in [0, 0.1) is 0 Å². The molecule has 1 aliphatic heterocycles. The lowest BCUT2D eigenvalue weighted by atomic mass is 10.0. The molecule has 1 rings (SSSR count). The second kappa shape index (κ2) is 6.33. The van der Waals surface area contributed by atoms with E-state index in [1.807, 2.05) is 6.92 Å². The smallest absolute Gasteiger partial charge is 0.324 e. The number of aliphatic carboxylic acids is 1. The van der Waals surface area contributed by atoms with Crippen LogP contribution in [0.1, 0.15) is 27.2 Å². The van der Waals surface area contributed by atoms with Crippen molar-refractivity contribution in [2.75, 3.05) is 32.8 Å². The highest BCUT2D eigenvalue weighted by atomic mass is 16.5. The van der Waals surface area contributed by atoms with Crippen molar-refractivity contribution in [3.8, 4) is 0 Å². The van der Waals surface area contributed by atoms with E-state index in [9.17, 15) is 9.90 Å². The molecule has 17 heavy (non-hydrogen) atoms. The van der Waals surface area contributed by atoms with Gasteiger partial charge in [-0.2, -0.15) is 0 Å². The summed E-state index contributed by atoms with van der Waals surface area (Å²) in [6.07, 6.45) is 0.932. The topological polar surface area (TPSA) is 61.8 Å². The Hall–Kier alpha value is -0.650. The Morgan fingerprint density at radius 1 is 1.65 bits per heavy atom. The lowest BCUT2D eigenvalue weighted by Gasteiger charge is -2.39. The first-order valence-electron chi connectivity index (χ1n) is 6.30. The van der Waals surface area contributed by atoms with Crippen LogP contribution >= 0.6 is 0 Å². The van der Waals surface area contributed by atoms with Gasteiger partial charge >= 0.3 is 5.97 Å². The van der Waals surface area contributed by atoms with Gasteiger partial charge in [-0.1, -0.05) is 6.92 Å². The minimum atomic E-state index is -0.873. The average Bonchev–Trinajstić information content (AvgIpc) is 2.29. The zero-order valence-corrected chi connectivity index (χ0v) is 11.0. The molecule has 0 spiro atoms. The number of carbonyl (C=O) groups is 1. The third-order valence-corrected chi connectivity index (χ3v) is 3.26. The van der Waals surface area contributed by atoms with Crippen molar-refractivity contribution in [2.45, 2.75) is 38.8 Å². The summed E-state index contributed by atoms with van der Waals surface area (Å²) < 4.78 is 5.36. The van der Waals surface area contributed by atoms with Crippen molar-refractivity contribution in [1.29, 1.82) is 0 Å². The normalized spacial score (nSPS) is 25.5. The predicted molar refractivity (Wildman–Crippen MR) is 66.2 cm³/mol. The molecule has 0 saturated carbocycles. The van der Waals surface area contributed by atoms with Crippen LogP contribution in [0.15, 0.2) is 0 Å². The van der Waals surface area contributed by atoms with Gasteiger partial charge in [0, 0.05) is 19.1 Å². The van der Waals surface area contributed by atoms with E-state index in [1.54, 1.807) is 6.92 Å². The Balaban J connectivity index is 2.61. The molecule has 0 bridgehead atoms. The monoisotopic (exact) mass is 244 g/mol. The van der Waals surface area contributed by atoms with E-state index in [2.05, 4.69) is 17.1 Å². The highest BCUT2D eigenvalue weighted by Crippen LogP contribution is 2.13. The largest absolute Gasteiger partial charge is 0.480 e. The predicted octanol–water partition coefficient (Wildman–Crippen LogP) is 0.550. The maximum atomic E-state index is 11.4. The average molecular weight is 244 g/mol. The summed E-state index contributed by atoms with van der Waals surface area (Å²) >= 11 is 0. The van der Waals surface area contributed by atoms with Crippen LogP contribution in [0.5, 0.6) is 0 Å². The maximum absolute atomic E-state index is 11.4. The first kappa shape index (κ1) is 14.4. The van der Waals surface area contributed by atoms with Crippen molar-refractivity contribution in [3.63, 3.8) is 0 Å². The minimum absolute atomic E-state index is 0.283. The number of morpholine rings is 1. The summed E-state index contributed by atoms with van der Waals surface area (Å²) in [5.74, 6) is -0.787. The van der Waals surface area contributed by atoms with Gasteiger partial charge in [0.25, 0.3) is 0 Å². The van der Waals surface area contributed by atoms with Gasteiger partial charge in [-0.3, -0.25) is 9.69 Å². The third-order valence-electron chi connectivity index (χ3n) is 3.26. The number of rotatable bonds is 6. The summed E-state index contributed by atoms with van der Waals surface area (Å²) in [6.45, 7) is 9.28. The van der Waals surface area contributed by atoms with E-state index in [0.29, 0.717) is 19.8 Å². The first-order valence-corrected chi connectivity index (χ1v) is 6.30. The zero-order chi connectivity index (χ0) is 12.9. The molecular weight excluding hydrogens is 220 g/mol. The summed E-state index contributed by atoms with van der Waals surface area (Å²) in [5, 5.41) is 12.5. The van der Waals surface area contributed by atoms with Gasteiger partial charge in [0.15, 0.2) is 0 Å². The molecule has 100 valence electrons. The van der Waals surface area contributed by atoms with E-state index < -0.39 is 11.5 Å². The Morgan fingerprint density at radius 2 is 2.35 bits per heavy atom. The molecule has 0 aromatic carbocycles. The fourth-order valence-electron chi connectivity index (χ4n) is 2.00. The second-order valence-corrected chi connectivity index (χ2v) is 4.96. The van der Waals surface area contributed by atoms with Crippen LogP contribution < -0.4 is 5.32 Å². The highest BCUT2D eigenvalue weighted by Gasteiger charge is 2.36. The van der Waals surface area contributed by atoms with E-state index in [1.165, 1.54) is 0 Å². The van der Waals surface area contributed by atoms with E-state index in [4.69, 9.17) is 4.74 Å². The molecule has 2 unspecified atom stereocenters. The van der Waals surface area contributed by atoms with Crippen LogP contribution in [0.4, 0.5) is 0 Å². The molecule has 5 nitrogen and oxygen atoms in total. The molecule has 1 aliphatic rings. The molecule has 0 aromatic heterocycles. The fraction of sp³-hybridized carbons (Fsp3) is 0.917. The molecule has 1 heterocycles. The molecule has 2 N–H and O–H groups in total. The van der Waals surface area contributed by atoms with Crippen LogP contribution in [-0.2, 0) is 9.53 Å². The Kier molecular flexibility index (Phi) is 5.36. The van der Waals surface area contributed by atoms with Gasteiger partial charge in [-0.15, -0.1) is 0 Å². The quantitative estimate of drug-likeness (QED) is 0.714. The molecule has 0 amide bonds. The molecule has 0 radical (unpaired) electrons. The Labute approximate surface area is 103 Å². The van der Waals surface area contributed by atoms with E-state index in [0.717, 1.165) is 19.5 Å². The minimum Gasteiger partial charge on any atom is -0.480 e. The zero-order valence-electron chi connectivity index (χ0n) is 11.0. The van der Waals surface area contributed by atoms with Gasteiger partial charge < -0.3 is 15.2 Å². The van der Waals surface area contributed by atoms with Crippen molar-refractivity contribution < 1.29 is 14.6 Å². The van der Waals surface area contributed by atoms with Gasteiger partial charge in [-0.05, 0) is 26.8 Å². The summed E-state index contributed by atoms with van der Waals surface area (Å²) in [4.78, 5) is 13.6. The number of hydrogen-bond donors (Lipinski definition) is 2. The number of nitrogens with one attached hydrogen (secondary N) is 1. The lowest BCUT2D eigenvalue weighted by molar-refractivity contribution is -0.146. The number of nitrogens with zero attached hydrogens (tertiary/aromatic N) is 1. The molecule has 0 aromatic rings. The van der Waals surface area contributed by atoms with Crippen molar-refractivity contribution in [2.24, 2.45) is 0 Å². The van der Waals surface area contributed by atoms with Crippen LogP contribution in [0.25, 0.3) is 0 Å². The third kappa shape index (κ3) is 3.94. The second-order valence-electron chi connectivity index (χ2n) is 4.96.